The number of nitrogens with zero attached hydrogens (tertiary/aromatic N) is 2. The molecule has 1 aromatic rings. The maximum absolute atomic E-state index is 11.3. The molecular weight excluding hydrogens is 198 g/mol. The van der Waals surface area contributed by atoms with E-state index in [-0.39, 0.29) is 10.4 Å². The summed E-state index contributed by atoms with van der Waals surface area (Å²) in [6, 6.07) is 0. The Morgan fingerprint density at radius 1 is 1.29 bits per heavy atom. The summed E-state index contributed by atoms with van der Waals surface area (Å²) < 4.78 is 18.6. The standard InChI is InChI=1S/C9H15N3OS/c1-9(2,3)7-5-12-8(6-11-7)14(4,10)13/h5-6,10H,1-4H3/t14-/m1/s1. The van der Waals surface area contributed by atoms with Crippen LogP contribution in [0.1, 0.15) is 26.5 Å². The van der Waals surface area contributed by atoms with Crippen molar-refractivity contribution in [3.8, 4) is 0 Å². The summed E-state index contributed by atoms with van der Waals surface area (Å²) in [5.74, 6) is 0. The smallest absolute Gasteiger partial charge is 0.153 e. The van der Waals surface area contributed by atoms with Crippen LogP contribution in [-0.4, -0.2) is 20.4 Å². The third-order valence-electron chi connectivity index (χ3n) is 1.80. The highest BCUT2D eigenvalue weighted by molar-refractivity contribution is 7.91. The van der Waals surface area contributed by atoms with E-state index >= 15 is 0 Å². The first kappa shape index (κ1) is 11.1. The lowest BCUT2D eigenvalue weighted by Gasteiger charge is -2.16. The fraction of sp³-hybridized carbons (Fsp3) is 0.556. The van der Waals surface area contributed by atoms with E-state index in [0.29, 0.717) is 0 Å². The zero-order valence-corrected chi connectivity index (χ0v) is 9.68. The van der Waals surface area contributed by atoms with Crippen LogP contribution < -0.4 is 0 Å². The molecule has 0 radical (unpaired) electrons. The molecule has 0 aliphatic carbocycles. The summed E-state index contributed by atoms with van der Waals surface area (Å²) in [5, 5.41) is 0.241. The van der Waals surface area contributed by atoms with Crippen LogP contribution >= 0.6 is 0 Å². The molecule has 0 unspecified atom stereocenters. The third-order valence-corrected chi connectivity index (χ3v) is 2.80. The Bertz CT molecular complexity index is 414. The molecule has 1 atom stereocenters. The van der Waals surface area contributed by atoms with Crippen molar-refractivity contribution in [3.63, 3.8) is 0 Å². The Balaban J connectivity index is 3.14. The fourth-order valence-corrected chi connectivity index (χ4v) is 1.41. The van der Waals surface area contributed by atoms with Gasteiger partial charge in [0.15, 0.2) is 5.03 Å². The van der Waals surface area contributed by atoms with Gasteiger partial charge in [0.05, 0.1) is 27.8 Å². The molecule has 4 nitrogen and oxygen atoms in total. The summed E-state index contributed by atoms with van der Waals surface area (Å²) in [7, 11) is -2.74. The van der Waals surface area contributed by atoms with E-state index < -0.39 is 9.73 Å². The highest BCUT2D eigenvalue weighted by Crippen LogP contribution is 2.19. The van der Waals surface area contributed by atoms with Gasteiger partial charge in [-0.25, -0.2) is 14.0 Å². The normalized spacial score (nSPS) is 16.3. The second-order valence-electron chi connectivity index (χ2n) is 4.33. The van der Waals surface area contributed by atoms with Gasteiger partial charge in [-0.1, -0.05) is 20.8 Å². The molecule has 1 rings (SSSR count). The highest BCUT2D eigenvalue weighted by atomic mass is 32.2. The van der Waals surface area contributed by atoms with Gasteiger partial charge in [-0.2, -0.15) is 0 Å². The lowest BCUT2D eigenvalue weighted by atomic mass is 9.93. The summed E-state index contributed by atoms with van der Waals surface area (Å²) in [5.41, 5.74) is 0.771. The van der Waals surface area contributed by atoms with Crippen molar-refractivity contribution in [2.24, 2.45) is 0 Å². The molecular formula is C9H15N3OS. The second kappa shape index (κ2) is 3.31. The van der Waals surface area contributed by atoms with E-state index in [2.05, 4.69) is 9.97 Å². The van der Waals surface area contributed by atoms with Crippen LogP contribution in [0.25, 0.3) is 0 Å². The zero-order valence-electron chi connectivity index (χ0n) is 8.87. The zero-order chi connectivity index (χ0) is 11.0. The molecule has 14 heavy (non-hydrogen) atoms. The Morgan fingerprint density at radius 3 is 2.14 bits per heavy atom. The van der Waals surface area contributed by atoms with Gasteiger partial charge < -0.3 is 0 Å². The molecule has 78 valence electrons. The van der Waals surface area contributed by atoms with E-state index in [1.165, 1.54) is 12.5 Å². The molecule has 0 saturated heterocycles. The van der Waals surface area contributed by atoms with Crippen molar-refractivity contribution in [1.82, 2.24) is 9.97 Å². The van der Waals surface area contributed by atoms with Crippen LogP contribution in [-0.2, 0) is 15.1 Å². The first-order chi connectivity index (χ1) is 6.21. The van der Waals surface area contributed by atoms with Crippen LogP contribution in [0.3, 0.4) is 0 Å². The number of rotatable bonds is 1. The topological polar surface area (TPSA) is 66.7 Å². The van der Waals surface area contributed by atoms with Crippen LogP contribution in [0.15, 0.2) is 17.4 Å². The van der Waals surface area contributed by atoms with E-state index in [1.54, 1.807) is 6.20 Å². The van der Waals surface area contributed by atoms with Gasteiger partial charge >= 0.3 is 0 Å². The second-order valence-corrected chi connectivity index (χ2v) is 6.44. The Morgan fingerprint density at radius 2 is 1.86 bits per heavy atom. The monoisotopic (exact) mass is 213 g/mol. The molecule has 0 saturated carbocycles. The van der Waals surface area contributed by atoms with Crippen LogP contribution in [0.2, 0.25) is 0 Å². The van der Waals surface area contributed by atoms with E-state index in [4.69, 9.17) is 4.78 Å². The van der Waals surface area contributed by atoms with Crippen molar-refractivity contribution >= 4 is 9.73 Å². The van der Waals surface area contributed by atoms with Gasteiger partial charge in [0.2, 0.25) is 0 Å². The average molecular weight is 213 g/mol. The maximum Gasteiger partial charge on any atom is 0.153 e. The number of hydrogen-bond acceptors (Lipinski definition) is 4. The molecule has 0 amide bonds. The predicted molar refractivity (Wildman–Crippen MR) is 55.8 cm³/mol. The van der Waals surface area contributed by atoms with Gasteiger partial charge in [0.25, 0.3) is 0 Å². The summed E-state index contributed by atoms with van der Waals surface area (Å²) in [4.78, 5) is 8.15. The number of hydrogen-bond donors (Lipinski definition) is 1. The Hall–Kier alpha value is -0.970. The van der Waals surface area contributed by atoms with Gasteiger partial charge in [0.1, 0.15) is 0 Å². The Kier molecular flexibility index (Phi) is 2.63. The van der Waals surface area contributed by atoms with Gasteiger partial charge in [0, 0.05) is 11.7 Å². The average Bonchev–Trinajstić information content (AvgIpc) is 2.01. The van der Waals surface area contributed by atoms with Crippen molar-refractivity contribution in [2.75, 3.05) is 6.26 Å². The highest BCUT2D eigenvalue weighted by Gasteiger charge is 2.16. The van der Waals surface area contributed by atoms with Crippen molar-refractivity contribution < 1.29 is 4.21 Å². The molecule has 0 aliphatic rings. The maximum atomic E-state index is 11.3. The van der Waals surface area contributed by atoms with E-state index in [9.17, 15) is 4.21 Å². The first-order valence-corrected chi connectivity index (χ1v) is 6.24. The predicted octanol–water partition coefficient (Wildman–Crippen LogP) is 1.81. The fourth-order valence-electron chi connectivity index (χ4n) is 0.905. The molecule has 0 aliphatic heterocycles. The third kappa shape index (κ3) is 2.51. The largest absolute Gasteiger partial charge is 0.256 e. The molecule has 1 heterocycles. The molecule has 0 spiro atoms. The Labute approximate surface area is 84.8 Å². The molecule has 0 fully saturated rings. The number of aromatic nitrogens is 2. The number of nitrogens with one attached hydrogen (secondary N) is 1. The van der Waals surface area contributed by atoms with Gasteiger partial charge in [-0.15, -0.1) is 0 Å². The summed E-state index contributed by atoms with van der Waals surface area (Å²) >= 11 is 0. The van der Waals surface area contributed by atoms with Crippen LogP contribution in [0.5, 0.6) is 0 Å². The van der Waals surface area contributed by atoms with Gasteiger partial charge in [-0.05, 0) is 0 Å². The lowest BCUT2D eigenvalue weighted by molar-refractivity contribution is 0.562. The van der Waals surface area contributed by atoms with E-state index in [1.807, 2.05) is 20.8 Å². The minimum Gasteiger partial charge on any atom is -0.256 e. The molecule has 0 bridgehead atoms. The summed E-state index contributed by atoms with van der Waals surface area (Å²) in [6.45, 7) is 6.09. The first-order valence-electron chi connectivity index (χ1n) is 4.27. The minimum atomic E-state index is -2.74. The van der Waals surface area contributed by atoms with Crippen LogP contribution in [0.4, 0.5) is 0 Å². The van der Waals surface area contributed by atoms with Gasteiger partial charge in [-0.3, -0.25) is 4.98 Å². The minimum absolute atomic E-state index is 0.0673. The molecule has 0 aromatic carbocycles. The quantitative estimate of drug-likeness (QED) is 0.773. The molecule has 1 N–H and O–H groups in total. The SMILES string of the molecule is CC(C)(C)c1cnc([S@](C)(=N)=O)cn1. The van der Waals surface area contributed by atoms with E-state index in [0.717, 1.165) is 5.69 Å². The van der Waals surface area contributed by atoms with Crippen molar-refractivity contribution in [1.29, 1.82) is 4.78 Å². The van der Waals surface area contributed by atoms with Crippen molar-refractivity contribution in [3.05, 3.63) is 18.1 Å². The molecule has 1 aromatic heterocycles. The van der Waals surface area contributed by atoms with Crippen LogP contribution in [0, 0.1) is 4.78 Å². The summed E-state index contributed by atoms with van der Waals surface area (Å²) in [6.07, 6.45) is 4.36. The van der Waals surface area contributed by atoms with Crippen molar-refractivity contribution in [2.45, 2.75) is 31.2 Å². The lowest BCUT2D eigenvalue weighted by Crippen LogP contribution is -2.14. The molecule has 5 heteroatoms.